The molecule has 0 atom stereocenters. The lowest BCUT2D eigenvalue weighted by molar-refractivity contribution is 0.668. The summed E-state index contributed by atoms with van der Waals surface area (Å²) >= 11 is 0. The van der Waals surface area contributed by atoms with Gasteiger partial charge in [-0.1, -0.05) is 147 Å². The second kappa shape index (κ2) is 13.5. The molecule has 0 N–H and O–H groups in total. The number of para-hydroxylation sites is 4. The Balaban J connectivity index is 1.16. The summed E-state index contributed by atoms with van der Waals surface area (Å²) in [6.45, 7) is 4.47. The fourth-order valence-corrected chi connectivity index (χ4v) is 9.78. The molecule has 4 nitrogen and oxygen atoms in total. The van der Waals surface area contributed by atoms with Gasteiger partial charge in [-0.15, -0.1) is 0 Å². The van der Waals surface area contributed by atoms with Crippen LogP contribution in [0.15, 0.2) is 191 Å². The lowest BCUT2D eigenvalue weighted by Gasteiger charge is -2.31. The molecular weight excluding hydrogens is 733 g/mol. The van der Waals surface area contributed by atoms with E-state index in [4.69, 9.17) is 8.83 Å². The quantitative estimate of drug-likeness (QED) is 0.144. The Morgan fingerprint density at radius 2 is 0.733 bits per heavy atom. The van der Waals surface area contributed by atoms with Crippen LogP contribution in [0.4, 0.5) is 34.1 Å². The number of furan rings is 2. The van der Waals surface area contributed by atoms with Crippen molar-refractivity contribution >= 4 is 110 Å². The fraction of sp³-hybridized carbons (Fsp3) is 0.0714. The molecule has 0 aliphatic rings. The molecule has 4 heteroatoms. The van der Waals surface area contributed by atoms with Crippen molar-refractivity contribution in [1.82, 2.24) is 0 Å². The van der Waals surface area contributed by atoms with Gasteiger partial charge >= 0.3 is 0 Å². The highest BCUT2D eigenvalue weighted by molar-refractivity contribution is 6.29. The van der Waals surface area contributed by atoms with Crippen LogP contribution < -0.4 is 9.80 Å². The summed E-state index contributed by atoms with van der Waals surface area (Å²) in [5.41, 5.74) is 12.6. The molecule has 10 aromatic carbocycles. The Kier molecular flexibility index (Phi) is 7.76. The highest BCUT2D eigenvalue weighted by atomic mass is 16.3. The molecule has 0 aliphatic heterocycles. The highest BCUT2D eigenvalue weighted by Gasteiger charge is 2.27. The van der Waals surface area contributed by atoms with Gasteiger partial charge in [0.2, 0.25) is 0 Å². The zero-order valence-corrected chi connectivity index (χ0v) is 33.4. The summed E-state index contributed by atoms with van der Waals surface area (Å²) in [7, 11) is 0. The molecule has 12 aromatic rings. The standard InChI is InChI=1S/C56H40N2O2/c1-3-35-23-29-43-41-19-11-13-21-49(41)59-55(43)53(35)57(39-15-7-5-8-16-39)47-33-27-37-26-32-46-48(34-28-38-25-31-45(47)51(37)52(38)46)58(40-17-9-6-10-18-40)54-36(4-2)24-30-44-42-20-12-14-22-50(42)60-56(44)54/h5-34H,3-4H2,1-2H3. The largest absolute Gasteiger partial charge is 0.454 e. The predicted octanol–water partition coefficient (Wildman–Crippen LogP) is 16.4. The third-order valence-electron chi connectivity index (χ3n) is 12.5. The van der Waals surface area contributed by atoms with Crippen LogP contribution in [0, 0.1) is 0 Å². The fourth-order valence-electron chi connectivity index (χ4n) is 9.78. The summed E-state index contributed by atoms with van der Waals surface area (Å²) in [6.07, 6.45) is 1.71. The first-order valence-corrected chi connectivity index (χ1v) is 21.0. The van der Waals surface area contributed by atoms with Gasteiger partial charge in [0.15, 0.2) is 11.2 Å². The minimum absolute atomic E-state index is 0.855. The van der Waals surface area contributed by atoms with E-state index in [0.29, 0.717) is 0 Å². The molecule has 0 unspecified atom stereocenters. The van der Waals surface area contributed by atoms with Crippen molar-refractivity contribution in [3.8, 4) is 0 Å². The smallest absolute Gasteiger partial charge is 0.159 e. The first kappa shape index (κ1) is 34.5. The van der Waals surface area contributed by atoms with E-state index in [2.05, 4.69) is 194 Å². The molecule has 0 fully saturated rings. The van der Waals surface area contributed by atoms with Crippen molar-refractivity contribution in [3.63, 3.8) is 0 Å². The van der Waals surface area contributed by atoms with Gasteiger partial charge in [-0.3, -0.25) is 0 Å². The van der Waals surface area contributed by atoms with Crippen molar-refractivity contribution < 1.29 is 8.83 Å². The molecule has 0 amide bonds. The van der Waals surface area contributed by atoms with Crippen LogP contribution in [0.2, 0.25) is 0 Å². The van der Waals surface area contributed by atoms with E-state index in [-0.39, 0.29) is 0 Å². The lowest BCUT2D eigenvalue weighted by atomic mass is 9.91. The van der Waals surface area contributed by atoms with Gasteiger partial charge in [-0.2, -0.15) is 0 Å². The van der Waals surface area contributed by atoms with Crippen molar-refractivity contribution in [1.29, 1.82) is 0 Å². The van der Waals surface area contributed by atoms with Crippen LogP contribution in [-0.2, 0) is 12.8 Å². The van der Waals surface area contributed by atoms with Gasteiger partial charge in [0.05, 0.1) is 22.7 Å². The van der Waals surface area contributed by atoms with Gasteiger partial charge in [0.1, 0.15) is 11.2 Å². The molecule has 2 heterocycles. The lowest BCUT2D eigenvalue weighted by Crippen LogP contribution is -2.14. The number of rotatable bonds is 8. The van der Waals surface area contributed by atoms with Crippen LogP contribution in [0.3, 0.4) is 0 Å². The zero-order chi connectivity index (χ0) is 39.9. The number of hydrogen-bond donors (Lipinski definition) is 0. The summed E-state index contributed by atoms with van der Waals surface area (Å²) in [4.78, 5) is 4.87. The maximum Gasteiger partial charge on any atom is 0.159 e. The molecule has 0 saturated carbocycles. The number of aryl methyl sites for hydroxylation is 2. The van der Waals surface area contributed by atoms with Crippen LogP contribution in [0.25, 0.3) is 76.2 Å². The van der Waals surface area contributed by atoms with Crippen molar-refractivity contribution in [2.24, 2.45) is 0 Å². The normalized spacial score (nSPS) is 12.0. The second-order valence-corrected chi connectivity index (χ2v) is 15.7. The molecule has 0 saturated heterocycles. The number of benzene rings is 10. The van der Waals surface area contributed by atoms with Crippen LogP contribution in [-0.4, -0.2) is 0 Å². The third kappa shape index (κ3) is 5.04. The summed E-state index contributed by atoms with van der Waals surface area (Å²) < 4.78 is 13.6. The monoisotopic (exact) mass is 772 g/mol. The number of nitrogens with zero attached hydrogens (tertiary/aromatic N) is 2. The number of hydrogen-bond acceptors (Lipinski definition) is 4. The SMILES string of the molecule is CCc1ccc2c(oc3ccccc32)c1N(c1ccccc1)c1ccc2ccc3c(N(c4ccccc4)c4c(CC)ccc5c4oc4ccccc45)ccc4ccc1c2c43. The minimum atomic E-state index is 0.855. The van der Waals surface area contributed by atoms with Crippen molar-refractivity contribution in [2.45, 2.75) is 26.7 Å². The van der Waals surface area contributed by atoms with Gasteiger partial charge in [-0.25, -0.2) is 0 Å². The molecule has 2 aromatic heterocycles. The van der Waals surface area contributed by atoms with Gasteiger partial charge in [-0.05, 0) is 94.0 Å². The molecule has 60 heavy (non-hydrogen) atoms. The minimum Gasteiger partial charge on any atom is -0.454 e. The molecule has 0 aliphatic carbocycles. The molecular formula is C56H40N2O2. The third-order valence-corrected chi connectivity index (χ3v) is 12.5. The van der Waals surface area contributed by atoms with Gasteiger partial charge in [0, 0.05) is 43.7 Å². The first-order chi connectivity index (χ1) is 29.7. The number of anilines is 6. The molecule has 12 rings (SSSR count). The molecule has 0 bridgehead atoms. The van der Waals surface area contributed by atoms with Crippen LogP contribution in [0.5, 0.6) is 0 Å². The van der Waals surface area contributed by atoms with E-state index in [1.807, 2.05) is 12.1 Å². The van der Waals surface area contributed by atoms with Gasteiger partial charge < -0.3 is 18.6 Å². The Morgan fingerprint density at radius 3 is 1.17 bits per heavy atom. The van der Waals surface area contributed by atoms with E-state index in [9.17, 15) is 0 Å². The van der Waals surface area contributed by atoms with E-state index < -0.39 is 0 Å². The van der Waals surface area contributed by atoms with Crippen LogP contribution in [0.1, 0.15) is 25.0 Å². The van der Waals surface area contributed by atoms with E-state index in [0.717, 1.165) is 90.8 Å². The first-order valence-electron chi connectivity index (χ1n) is 21.0. The van der Waals surface area contributed by atoms with Crippen LogP contribution >= 0.6 is 0 Å². The number of fused-ring (bicyclic) bond motifs is 6. The molecule has 0 radical (unpaired) electrons. The predicted molar refractivity (Wildman–Crippen MR) is 253 cm³/mol. The van der Waals surface area contributed by atoms with Gasteiger partial charge in [0.25, 0.3) is 0 Å². The second-order valence-electron chi connectivity index (χ2n) is 15.7. The Labute approximate surface area is 347 Å². The Bertz CT molecular complexity index is 3340. The maximum atomic E-state index is 6.82. The average Bonchev–Trinajstić information content (AvgIpc) is 3.89. The zero-order valence-electron chi connectivity index (χ0n) is 33.4. The van der Waals surface area contributed by atoms with E-state index in [1.54, 1.807) is 0 Å². The summed E-state index contributed by atoms with van der Waals surface area (Å²) in [6, 6.07) is 65.7. The Morgan fingerprint density at radius 1 is 0.350 bits per heavy atom. The molecule has 0 spiro atoms. The summed E-state index contributed by atoms with van der Waals surface area (Å²) in [5, 5.41) is 11.7. The van der Waals surface area contributed by atoms with E-state index in [1.165, 1.54) is 43.4 Å². The van der Waals surface area contributed by atoms with Crippen molar-refractivity contribution in [3.05, 3.63) is 193 Å². The maximum absolute atomic E-state index is 6.82. The highest BCUT2D eigenvalue weighted by Crippen LogP contribution is 2.51. The topological polar surface area (TPSA) is 32.8 Å². The summed E-state index contributed by atoms with van der Waals surface area (Å²) in [5.74, 6) is 0. The van der Waals surface area contributed by atoms with Crippen molar-refractivity contribution in [2.75, 3.05) is 9.80 Å². The molecule has 286 valence electrons. The van der Waals surface area contributed by atoms with E-state index >= 15 is 0 Å². The Hall–Kier alpha value is -7.56. The average molecular weight is 773 g/mol.